The summed E-state index contributed by atoms with van der Waals surface area (Å²) in [5.74, 6) is 1.10. The first-order valence-corrected chi connectivity index (χ1v) is 15.2. The topological polar surface area (TPSA) is 146 Å². The van der Waals surface area contributed by atoms with Crippen LogP contribution in [0.2, 0.25) is 0 Å². The molecule has 5 rings (SSSR count). The molecule has 41 heavy (non-hydrogen) atoms. The third kappa shape index (κ3) is 6.74. The Hall–Kier alpha value is -4.25. The van der Waals surface area contributed by atoms with Gasteiger partial charge in [-0.1, -0.05) is 0 Å². The summed E-state index contributed by atoms with van der Waals surface area (Å²) in [5, 5.41) is 19.2. The van der Waals surface area contributed by atoms with E-state index in [0.29, 0.717) is 49.2 Å². The Bertz CT molecular complexity index is 1750. The van der Waals surface area contributed by atoms with E-state index in [1.54, 1.807) is 12.1 Å². The number of nitriles is 1. The maximum Gasteiger partial charge on any atom is 0.296 e. The number of hydrogen-bond donors (Lipinski definition) is 3. The molecule has 0 radical (unpaired) electrons. The molecule has 1 saturated heterocycles. The zero-order valence-corrected chi connectivity index (χ0v) is 24.0. The zero-order chi connectivity index (χ0) is 29.1. The number of benzene rings is 2. The van der Waals surface area contributed by atoms with Gasteiger partial charge in [0.25, 0.3) is 10.2 Å². The van der Waals surface area contributed by atoms with Crippen molar-refractivity contribution < 1.29 is 17.5 Å². The molecule has 10 nitrogen and oxygen atoms in total. The predicted octanol–water partition coefficient (Wildman–Crippen LogP) is 5.47. The van der Waals surface area contributed by atoms with Crippen LogP contribution in [0, 0.1) is 31.0 Å². The molecule has 0 spiro atoms. The zero-order valence-electron chi connectivity index (χ0n) is 22.4. The molecule has 4 aromatic rings. The molecule has 1 fully saturated rings. The summed E-state index contributed by atoms with van der Waals surface area (Å²) in [6.07, 6.45) is 4.63. The molecule has 0 saturated carbocycles. The number of rotatable bonds is 8. The van der Waals surface area contributed by atoms with Crippen molar-refractivity contribution in [2.75, 3.05) is 28.0 Å². The average Bonchev–Trinajstić information content (AvgIpc) is 3.38. The minimum atomic E-state index is -3.98. The lowest BCUT2D eigenvalue weighted by Crippen LogP contribution is -2.39. The largest absolute Gasteiger partial charge is 0.437 e. The van der Waals surface area contributed by atoms with Crippen molar-refractivity contribution in [2.45, 2.75) is 32.7 Å². The number of aryl methyl sites for hydroxylation is 2. The number of aromatic nitrogens is 2. The molecule has 2 aromatic carbocycles. The Morgan fingerprint density at radius 3 is 2.56 bits per heavy atom. The Morgan fingerprint density at radius 1 is 1.17 bits per heavy atom. The summed E-state index contributed by atoms with van der Waals surface area (Å²) in [5.41, 5.74) is 4.01. The van der Waals surface area contributed by atoms with Crippen LogP contribution in [0.4, 0.5) is 21.7 Å². The van der Waals surface area contributed by atoms with E-state index in [9.17, 15) is 12.8 Å². The van der Waals surface area contributed by atoms with Crippen LogP contribution in [0.1, 0.15) is 29.5 Å². The number of nitrogens with one attached hydrogen (secondary N) is 2. The van der Waals surface area contributed by atoms with Crippen LogP contribution in [0.25, 0.3) is 16.3 Å². The fourth-order valence-electron chi connectivity index (χ4n) is 4.88. The van der Waals surface area contributed by atoms with E-state index in [4.69, 9.17) is 20.1 Å². The monoisotopic (exact) mass is 593 g/mol. The van der Waals surface area contributed by atoms with Gasteiger partial charge in [0.1, 0.15) is 16.3 Å². The lowest BCUT2D eigenvalue weighted by Gasteiger charge is -2.34. The highest BCUT2D eigenvalue weighted by Gasteiger charge is 2.23. The summed E-state index contributed by atoms with van der Waals surface area (Å²) < 4.78 is 46.5. The summed E-state index contributed by atoms with van der Waals surface area (Å²) >= 11 is 1.51. The van der Waals surface area contributed by atoms with E-state index in [1.165, 1.54) is 23.5 Å². The molecule has 1 aliphatic heterocycles. The smallest absolute Gasteiger partial charge is 0.296 e. The first-order chi connectivity index (χ1) is 19.6. The van der Waals surface area contributed by atoms with Gasteiger partial charge in [-0.2, -0.15) is 18.7 Å². The van der Waals surface area contributed by atoms with Gasteiger partial charge >= 0.3 is 0 Å². The highest BCUT2D eigenvalue weighted by atomic mass is 32.2. The summed E-state index contributed by atoms with van der Waals surface area (Å²) in [4.78, 5) is 11.3. The molecule has 3 heterocycles. The molecule has 2 aromatic heterocycles. The minimum Gasteiger partial charge on any atom is -0.437 e. The number of nitrogens with zero attached hydrogens (tertiary/aromatic N) is 4. The number of anilines is 3. The van der Waals surface area contributed by atoms with E-state index < -0.39 is 16.0 Å². The molecule has 4 N–H and O–H groups in total. The molecule has 0 bridgehead atoms. The third-order valence-corrected chi connectivity index (χ3v) is 8.09. The molecular weight excluding hydrogens is 565 g/mol. The number of hydrogen-bond acceptors (Lipinski definition) is 9. The van der Waals surface area contributed by atoms with Gasteiger partial charge in [-0.15, -0.1) is 11.3 Å². The Labute approximate surface area is 241 Å². The highest BCUT2D eigenvalue weighted by Crippen LogP contribution is 2.36. The van der Waals surface area contributed by atoms with Crippen molar-refractivity contribution in [3.63, 3.8) is 0 Å². The van der Waals surface area contributed by atoms with Gasteiger partial charge in [-0.25, -0.2) is 14.5 Å². The van der Waals surface area contributed by atoms with Gasteiger partial charge in [0, 0.05) is 31.3 Å². The van der Waals surface area contributed by atoms with Crippen molar-refractivity contribution in [3.05, 3.63) is 70.4 Å². The van der Waals surface area contributed by atoms with Crippen LogP contribution in [0.3, 0.4) is 0 Å². The average molecular weight is 594 g/mol. The lowest BCUT2D eigenvalue weighted by atomic mass is 10.0. The SMILES string of the molecule is Cc1cc(/C=C/C#N)cc(C)c1Oc1nc(NC2CCN(c3ccc(NS(N)(=O)=O)cc3F)CC2)nc2ccsc12. The van der Waals surface area contributed by atoms with Gasteiger partial charge in [0.2, 0.25) is 11.8 Å². The number of nitrogens with two attached hydrogens (primary N) is 1. The first-order valence-electron chi connectivity index (χ1n) is 12.8. The van der Waals surface area contributed by atoms with Crippen molar-refractivity contribution in [2.24, 2.45) is 5.14 Å². The summed E-state index contributed by atoms with van der Waals surface area (Å²) in [6.45, 7) is 5.09. The lowest BCUT2D eigenvalue weighted by molar-refractivity contribution is 0.461. The number of halogens is 1. The quantitative estimate of drug-likeness (QED) is 0.228. The maximum absolute atomic E-state index is 14.7. The van der Waals surface area contributed by atoms with E-state index in [0.717, 1.165) is 33.0 Å². The number of allylic oxidation sites excluding steroid dienone is 1. The van der Waals surface area contributed by atoms with Crippen LogP contribution >= 0.6 is 11.3 Å². The number of thiophene rings is 1. The number of ether oxygens (including phenoxy) is 1. The number of piperidine rings is 1. The van der Waals surface area contributed by atoms with Crippen molar-refractivity contribution in [1.29, 1.82) is 5.26 Å². The fraction of sp³-hybridized carbons (Fsp3) is 0.250. The van der Waals surface area contributed by atoms with Gasteiger partial charge < -0.3 is 15.0 Å². The van der Waals surface area contributed by atoms with Crippen LogP contribution in [0.15, 0.2) is 47.9 Å². The predicted molar refractivity (Wildman–Crippen MR) is 160 cm³/mol. The molecule has 13 heteroatoms. The standard InChI is InChI=1S/C28H28FN7O3S2/c1-17-14-19(4-3-10-30)15-18(2)25(17)39-27-26-23(9-13-40-26)33-28(34-27)32-20-7-11-36(12-8-20)24-6-5-21(16-22(24)29)35-41(31,37)38/h3-6,9,13-16,20,35H,7-8,11-12H2,1-2H3,(H2,31,37,38)(H,32,33,34)/b4-3+. The first kappa shape index (κ1) is 28.3. The van der Waals surface area contributed by atoms with Crippen molar-refractivity contribution in [3.8, 4) is 17.7 Å². The van der Waals surface area contributed by atoms with E-state index in [1.807, 2.05) is 48.4 Å². The third-order valence-electron chi connectivity index (χ3n) is 6.68. The van der Waals surface area contributed by atoms with Crippen molar-refractivity contribution >= 4 is 55.2 Å². The van der Waals surface area contributed by atoms with Crippen LogP contribution in [-0.2, 0) is 10.2 Å². The second kappa shape index (κ2) is 11.7. The van der Waals surface area contributed by atoms with Crippen molar-refractivity contribution in [1.82, 2.24) is 9.97 Å². The molecule has 1 aliphatic rings. The van der Waals surface area contributed by atoms with Crippen LogP contribution in [0.5, 0.6) is 11.6 Å². The molecule has 0 amide bonds. The molecule has 0 unspecified atom stereocenters. The highest BCUT2D eigenvalue weighted by molar-refractivity contribution is 7.90. The molecule has 212 valence electrons. The molecule has 0 aliphatic carbocycles. The second-order valence-electron chi connectivity index (χ2n) is 9.75. The van der Waals surface area contributed by atoms with Gasteiger partial charge in [-0.3, -0.25) is 4.72 Å². The normalized spacial score (nSPS) is 14.4. The van der Waals surface area contributed by atoms with E-state index >= 15 is 0 Å². The van der Waals surface area contributed by atoms with Crippen LogP contribution < -0.4 is 24.8 Å². The fourth-order valence-corrected chi connectivity index (χ4v) is 6.09. The van der Waals surface area contributed by atoms with Gasteiger partial charge in [0.05, 0.1) is 23.0 Å². The maximum atomic E-state index is 14.7. The minimum absolute atomic E-state index is 0.0660. The Morgan fingerprint density at radius 2 is 1.90 bits per heavy atom. The van der Waals surface area contributed by atoms with Crippen LogP contribution in [-0.4, -0.2) is 37.5 Å². The Kier molecular flexibility index (Phi) is 8.07. The summed E-state index contributed by atoms with van der Waals surface area (Å²) in [7, 11) is -3.98. The van der Waals surface area contributed by atoms with E-state index in [-0.39, 0.29) is 11.7 Å². The van der Waals surface area contributed by atoms with Gasteiger partial charge in [-0.05, 0) is 85.2 Å². The number of fused-ring (bicyclic) bond motifs is 1. The van der Waals surface area contributed by atoms with E-state index in [2.05, 4.69) is 15.0 Å². The second-order valence-corrected chi connectivity index (χ2v) is 12.0. The summed E-state index contributed by atoms with van der Waals surface area (Å²) in [6, 6.07) is 12.1. The molecule has 0 atom stereocenters. The van der Waals surface area contributed by atoms with Gasteiger partial charge in [0.15, 0.2) is 0 Å². The Balaban J connectivity index is 1.29. The molecular formula is C28H28FN7O3S2.